The molecule has 0 saturated carbocycles. The molecule has 1 aromatic heterocycles. The third-order valence-corrected chi connectivity index (χ3v) is 5.19. The summed E-state index contributed by atoms with van der Waals surface area (Å²) in [6.07, 6.45) is 2.60. The van der Waals surface area contributed by atoms with Crippen molar-refractivity contribution in [3.05, 3.63) is 47.3 Å². The van der Waals surface area contributed by atoms with Crippen LogP contribution in [0.2, 0.25) is 0 Å². The van der Waals surface area contributed by atoms with Gasteiger partial charge in [-0.15, -0.1) is 11.8 Å². The van der Waals surface area contributed by atoms with E-state index in [1.54, 1.807) is 24.3 Å². The molecule has 25 heavy (non-hydrogen) atoms. The van der Waals surface area contributed by atoms with Crippen molar-refractivity contribution in [2.45, 2.75) is 30.7 Å². The predicted molar refractivity (Wildman–Crippen MR) is 96.6 cm³/mol. The maximum Gasteiger partial charge on any atom is 0.314 e. The quantitative estimate of drug-likeness (QED) is 0.449. The van der Waals surface area contributed by atoms with Gasteiger partial charge in [0.05, 0.1) is 19.6 Å². The van der Waals surface area contributed by atoms with Crippen LogP contribution < -0.4 is 4.74 Å². The molecular weight excluding hydrogens is 338 g/mol. The minimum Gasteiger partial charge on any atom is -0.494 e. The summed E-state index contributed by atoms with van der Waals surface area (Å²) in [5.74, 6) is 0.168. The monoisotopic (exact) mass is 359 g/mol. The Balaban J connectivity index is 1.97. The molecule has 0 aliphatic carbocycles. The van der Waals surface area contributed by atoms with E-state index in [9.17, 15) is 9.59 Å². The Morgan fingerprint density at radius 3 is 2.60 bits per heavy atom. The fraction of sp³-hybridized carbons (Fsp3) is 0.368. The Bertz CT molecular complexity index is 795. The third kappa shape index (κ3) is 3.18. The van der Waals surface area contributed by atoms with E-state index in [0.717, 1.165) is 16.3 Å². The molecular formula is C19H21NO4S. The van der Waals surface area contributed by atoms with Crippen molar-refractivity contribution in [2.75, 3.05) is 20.0 Å². The number of rotatable bonds is 6. The zero-order valence-electron chi connectivity index (χ0n) is 14.6. The molecule has 132 valence electrons. The van der Waals surface area contributed by atoms with Crippen LogP contribution >= 0.6 is 11.8 Å². The number of hydrogen-bond donors (Lipinski definition) is 0. The summed E-state index contributed by atoms with van der Waals surface area (Å²) in [5, 5.41) is 0. The number of carbonyl (C=O) groups is 2. The van der Waals surface area contributed by atoms with Crippen molar-refractivity contribution >= 4 is 23.5 Å². The van der Waals surface area contributed by atoms with Gasteiger partial charge in [-0.25, -0.2) is 0 Å². The van der Waals surface area contributed by atoms with Gasteiger partial charge in [0.25, 0.3) is 0 Å². The van der Waals surface area contributed by atoms with E-state index >= 15 is 0 Å². The van der Waals surface area contributed by atoms with Gasteiger partial charge < -0.3 is 14.0 Å². The highest BCUT2D eigenvalue weighted by molar-refractivity contribution is 7.98. The zero-order chi connectivity index (χ0) is 18.0. The Hall–Kier alpha value is -2.21. The van der Waals surface area contributed by atoms with Gasteiger partial charge in [-0.1, -0.05) is 0 Å². The van der Waals surface area contributed by atoms with Crippen molar-refractivity contribution in [3.8, 4) is 5.75 Å². The Morgan fingerprint density at radius 2 is 2.00 bits per heavy atom. The maximum atomic E-state index is 13.1. The van der Waals surface area contributed by atoms with E-state index < -0.39 is 0 Å². The van der Waals surface area contributed by atoms with Crippen LogP contribution in [0.5, 0.6) is 5.75 Å². The number of hydrogen-bond acceptors (Lipinski definition) is 5. The molecule has 0 N–H and O–H groups in total. The standard InChI is InChI=1S/C19H21NO4S/c1-4-24-13-7-5-12(6-8-13)18(21)17-16(25-3)11-15-14(19(22)23-2)9-10-20(15)17/h5-8,11,14H,4,9-10H2,1-3H3. The summed E-state index contributed by atoms with van der Waals surface area (Å²) >= 11 is 1.52. The van der Waals surface area contributed by atoms with Gasteiger partial charge in [0.2, 0.25) is 5.78 Å². The molecule has 5 nitrogen and oxygen atoms in total. The smallest absolute Gasteiger partial charge is 0.314 e. The van der Waals surface area contributed by atoms with Crippen LogP contribution in [0.3, 0.4) is 0 Å². The van der Waals surface area contributed by atoms with Gasteiger partial charge in [0.15, 0.2) is 0 Å². The van der Waals surface area contributed by atoms with Crippen LogP contribution in [0.4, 0.5) is 0 Å². The highest BCUT2D eigenvalue weighted by atomic mass is 32.2. The number of ether oxygens (including phenoxy) is 2. The molecule has 2 heterocycles. The minimum atomic E-state index is -0.294. The van der Waals surface area contributed by atoms with Crippen LogP contribution in [0.1, 0.15) is 41.0 Å². The van der Waals surface area contributed by atoms with Gasteiger partial charge in [0, 0.05) is 22.7 Å². The number of esters is 1. The summed E-state index contributed by atoms with van der Waals surface area (Å²) in [4.78, 5) is 25.9. The topological polar surface area (TPSA) is 57.5 Å². The predicted octanol–water partition coefficient (Wildman–Crippen LogP) is 3.50. The van der Waals surface area contributed by atoms with Gasteiger partial charge >= 0.3 is 5.97 Å². The number of ketones is 1. The first-order valence-corrected chi connectivity index (χ1v) is 9.46. The van der Waals surface area contributed by atoms with Crippen molar-refractivity contribution in [3.63, 3.8) is 0 Å². The second-order valence-electron chi connectivity index (χ2n) is 5.79. The highest BCUT2D eigenvalue weighted by Gasteiger charge is 2.34. The van der Waals surface area contributed by atoms with Gasteiger partial charge in [0.1, 0.15) is 11.4 Å². The number of carbonyl (C=O) groups excluding carboxylic acids is 2. The van der Waals surface area contributed by atoms with E-state index in [-0.39, 0.29) is 17.7 Å². The van der Waals surface area contributed by atoms with E-state index in [4.69, 9.17) is 9.47 Å². The van der Waals surface area contributed by atoms with Crippen LogP contribution in [0.25, 0.3) is 0 Å². The first-order valence-electron chi connectivity index (χ1n) is 8.23. The molecule has 1 atom stereocenters. The fourth-order valence-corrected chi connectivity index (χ4v) is 3.89. The van der Waals surface area contributed by atoms with Crippen LogP contribution in [0, 0.1) is 0 Å². The summed E-state index contributed by atoms with van der Waals surface area (Å²) in [6, 6.07) is 9.12. The molecule has 0 bridgehead atoms. The third-order valence-electron chi connectivity index (χ3n) is 4.44. The highest BCUT2D eigenvalue weighted by Crippen LogP contribution is 2.37. The van der Waals surface area contributed by atoms with E-state index in [0.29, 0.717) is 30.8 Å². The van der Waals surface area contributed by atoms with Crippen LogP contribution in [-0.4, -0.2) is 36.3 Å². The second kappa shape index (κ2) is 7.35. The van der Waals surface area contributed by atoms with Gasteiger partial charge in [-0.2, -0.15) is 0 Å². The lowest BCUT2D eigenvalue weighted by Crippen LogP contribution is -2.12. The molecule has 0 radical (unpaired) electrons. The number of benzene rings is 1. The molecule has 0 amide bonds. The van der Waals surface area contributed by atoms with Crippen molar-refractivity contribution in [1.29, 1.82) is 0 Å². The van der Waals surface area contributed by atoms with Crippen molar-refractivity contribution in [1.82, 2.24) is 4.57 Å². The average Bonchev–Trinajstić information content (AvgIpc) is 3.20. The first-order chi connectivity index (χ1) is 12.1. The molecule has 6 heteroatoms. The molecule has 1 aliphatic heterocycles. The molecule has 0 saturated heterocycles. The Kier molecular flexibility index (Phi) is 5.18. The summed E-state index contributed by atoms with van der Waals surface area (Å²) in [5.41, 5.74) is 2.13. The summed E-state index contributed by atoms with van der Waals surface area (Å²) < 4.78 is 12.3. The van der Waals surface area contributed by atoms with E-state index in [2.05, 4.69) is 0 Å². The summed E-state index contributed by atoms with van der Waals surface area (Å²) in [6.45, 7) is 3.16. The van der Waals surface area contributed by atoms with Crippen LogP contribution in [-0.2, 0) is 16.1 Å². The normalized spacial score (nSPS) is 15.7. The number of fused-ring (bicyclic) bond motifs is 1. The number of methoxy groups -OCH3 is 1. The first kappa shape index (κ1) is 17.6. The SMILES string of the molecule is CCOc1ccc(C(=O)c2c(SC)cc3n2CCC3C(=O)OC)cc1. The molecule has 1 unspecified atom stereocenters. The molecule has 2 aromatic rings. The van der Waals surface area contributed by atoms with Crippen molar-refractivity contribution in [2.24, 2.45) is 0 Å². The molecule has 0 spiro atoms. The van der Waals surface area contributed by atoms with Gasteiger partial charge in [-0.05, 0) is 49.9 Å². The largest absolute Gasteiger partial charge is 0.494 e. The lowest BCUT2D eigenvalue weighted by molar-refractivity contribution is -0.142. The number of aromatic nitrogens is 1. The number of nitrogens with zero attached hydrogens (tertiary/aromatic N) is 1. The maximum absolute atomic E-state index is 13.1. The Labute approximate surface area is 151 Å². The Morgan fingerprint density at radius 1 is 1.28 bits per heavy atom. The second-order valence-corrected chi connectivity index (χ2v) is 6.64. The minimum absolute atomic E-state index is 0.0378. The molecule has 3 rings (SSSR count). The van der Waals surface area contributed by atoms with Gasteiger partial charge in [-0.3, -0.25) is 9.59 Å². The molecule has 0 fully saturated rings. The van der Waals surface area contributed by atoms with E-state index in [1.165, 1.54) is 18.9 Å². The average molecular weight is 359 g/mol. The zero-order valence-corrected chi connectivity index (χ0v) is 15.4. The lowest BCUT2D eigenvalue weighted by atomic mass is 10.1. The lowest BCUT2D eigenvalue weighted by Gasteiger charge is -2.09. The number of thioether (sulfide) groups is 1. The molecule has 1 aliphatic rings. The fourth-order valence-electron chi connectivity index (χ4n) is 3.26. The van der Waals surface area contributed by atoms with E-state index in [1.807, 2.05) is 23.8 Å². The van der Waals surface area contributed by atoms with Crippen molar-refractivity contribution < 1.29 is 19.1 Å². The summed E-state index contributed by atoms with van der Waals surface area (Å²) in [7, 11) is 1.40. The molecule has 1 aromatic carbocycles. The van der Waals surface area contributed by atoms with Crippen LogP contribution in [0.15, 0.2) is 35.2 Å².